The summed E-state index contributed by atoms with van der Waals surface area (Å²) < 4.78 is 18.7. The number of aromatic nitrogens is 1. The number of pyridine rings is 1. The van der Waals surface area contributed by atoms with Crippen molar-refractivity contribution < 1.29 is 9.13 Å². The Morgan fingerprint density at radius 3 is 2.79 bits per heavy atom. The molecule has 0 saturated carbocycles. The summed E-state index contributed by atoms with van der Waals surface area (Å²) in [6.07, 6.45) is 2.87. The lowest BCUT2D eigenvalue weighted by atomic mass is 9.99. The summed E-state index contributed by atoms with van der Waals surface area (Å²) in [6, 6.07) is 9.07. The number of halogens is 1. The Balaban J connectivity index is 2.45. The van der Waals surface area contributed by atoms with Gasteiger partial charge in [-0.05, 0) is 24.2 Å². The maximum absolute atomic E-state index is 13.3. The van der Waals surface area contributed by atoms with Crippen molar-refractivity contribution in [3.05, 3.63) is 59.7 Å². The summed E-state index contributed by atoms with van der Waals surface area (Å²) in [5, 5.41) is 3.33. The van der Waals surface area contributed by atoms with Crippen molar-refractivity contribution >= 4 is 0 Å². The first-order valence-electron chi connectivity index (χ1n) is 6.23. The number of para-hydroxylation sites is 1. The van der Waals surface area contributed by atoms with Gasteiger partial charge in [0.15, 0.2) is 0 Å². The Morgan fingerprint density at radius 1 is 1.32 bits per heavy atom. The number of nitrogens with zero attached hydrogens (tertiary/aromatic N) is 1. The lowest BCUT2D eigenvalue weighted by Crippen LogP contribution is -2.22. The van der Waals surface area contributed by atoms with Crippen LogP contribution in [0.3, 0.4) is 0 Å². The van der Waals surface area contributed by atoms with Crippen LogP contribution < -0.4 is 10.1 Å². The van der Waals surface area contributed by atoms with E-state index in [1.54, 1.807) is 13.3 Å². The molecule has 1 aromatic carbocycles. The number of methoxy groups -OCH3 is 1. The molecule has 1 N–H and O–H groups in total. The van der Waals surface area contributed by atoms with E-state index in [0.29, 0.717) is 0 Å². The topological polar surface area (TPSA) is 34.2 Å². The first-order valence-corrected chi connectivity index (χ1v) is 6.23. The van der Waals surface area contributed by atoms with Gasteiger partial charge in [0.25, 0.3) is 0 Å². The van der Waals surface area contributed by atoms with Crippen molar-refractivity contribution in [2.75, 3.05) is 13.7 Å². The number of ether oxygens (including phenoxy) is 1. The average molecular weight is 260 g/mol. The van der Waals surface area contributed by atoms with Crippen LogP contribution in [0.5, 0.6) is 5.75 Å². The second-order valence-corrected chi connectivity index (χ2v) is 4.17. The van der Waals surface area contributed by atoms with E-state index in [1.807, 2.05) is 31.2 Å². The molecule has 1 unspecified atom stereocenters. The van der Waals surface area contributed by atoms with Crippen LogP contribution in [0, 0.1) is 5.82 Å². The molecule has 2 rings (SSSR count). The zero-order chi connectivity index (χ0) is 13.7. The van der Waals surface area contributed by atoms with Crippen molar-refractivity contribution in [1.29, 1.82) is 0 Å². The van der Waals surface area contributed by atoms with Gasteiger partial charge < -0.3 is 10.1 Å². The number of rotatable bonds is 5. The molecule has 100 valence electrons. The monoisotopic (exact) mass is 260 g/mol. The predicted octanol–water partition coefficient (Wildman–Crippen LogP) is 2.93. The van der Waals surface area contributed by atoms with E-state index in [4.69, 9.17) is 4.74 Å². The van der Waals surface area contributed by atoms with Crippen LogP contribution in [-0.4, -0.2) is 18.6 Å². The fourth-order valence-corrected chi connectivity index (χ4v) is 2.10. The normalized spacial score (nSPS) is 12.2. The molecule has 0 amide bonds. The van der Waals surface area contributed by atoms with Crippen LogP contribution in [-0.2, 0) is 0 Å². The molecule has 3 nitrogen and oxygen atoms in total. The Labute approximate surface area is 112 Å². The van der Waals surface area contributed by atoms with Gasteiger partial charge >= 0.3 is 0 Å². The van der Waals surface area contributed by atoms with Crippen molar-refractivity contribution in [2.45, 2.75) is 13.0 Å². The van der Waals surface area contributed by atoms with Gasteiger partial charge in [0, 0.05) is 11.8 Å². The molecular formula is C15H17FN2O. The Morgan fingerprint density at radius 2 is 2.11 bits per heavy atom. The third-order valence-corrected chi connectivity index (χ3v) is 2.92. The number of benzene rings is 1. The minimum absolute atomic E-state index is 0.135. The molecule has 0 aliphatic rings. The van der Waals surface area contributed by atoms with E-state index in [0.717, 1.165) is 23.4 Å². The molecule has 0 aliphatic heterocycles. The molecule has 1 aromatic heterocycles. The van der Waals surface area contributed by atoms with Crippen molar-refractivity contribution in [2.24, 2.45) is 0 Å². The van der Waals surface area contributed by atoms with Gasteiger partial charge in [-0.2, -0.15) is 0 Å². The van der Waals surface area contributed by atoms with Gasteiger partial charge in [-0.15, -0.1) is 0 Å². The summed E-state index contributed by atoms with van der Waals surface area (Å²) >= 11 is 0. The number of nitrogens with one attached hydrogen (secondary N) is 1. The highest BCUT2D eigenvalue weighted by Gasteiger charge is 2.17. The molecule has 0 spiro atoms. The van der Waals surface area contributed by atoms with Crippen molar-refractivity contribution in [3.8, 4) is 5.75 Å². The van der Waals surface area contributed by atoms with Gasteiger partial charge in [0.1, 0.15) is 11.6 Å². The highest BCUT2D eigenvalue weighted by molar-refractivity contribution is 5.41. The van der Waals surface area contributed by atoms with E-state index in [1.165, 1.54) is 12.3 Å². The summed E-state index contributed by atoms with van der Waals surface area (Å²) in [5.41, 5.74) is 1.76. The molecule has 19 heavy (non-hydrogen) atoms. The molecule has 1 heterocycles. The minimum atomic E-state index is -0.338. The average Bonchev–Trinajstić information content (AvgIpc) is 2.45. The van der Waals surface area contributed by atoms with Gasteiger partial charge in [-0.25, -0.2) is 4.39 Å². The summed E-state index contributed by atoms with van der Waals surface area (Å²) in [5.74, 6) is 0.438. The summed E-state index contributed by atoms with van der Waals surface area (Å²) in [7, 11) is 1.63. The zero-order valence-electron chi connectivity index (χ0n) is 11.1. The second kappa shape index (κ2) is 6.29. The van der Waals surface area contributed by atoms with E-state index in [9.17, 15) is 4.39 Å². The SMILES string of the molecule is CCNC(c1cncc(F)c1)c1ccccc1OC. The molecule has 0 aliphatic carbocycles. The quantitative estimate of drug-likeness (QED) is 0.897. The third-order valence-electron chi connectivity index (χ3n) is 2.92. The standard InChI is InChI=1S/C15H17FN2O/c1-3-18-15(11-8-12(16)10-17-9-11)13-6-4-5-7-14(13)19-2/h4-10,15,18H,3H2,1-2H3. The Bertz CT molecular complexity index is 545. The van der Waals surface area contributed by atoms with Gasteiger partial charge in [0.2, 0.25) is 0 Å². The molecule has 0 saturated heterocycles. The molecule has 2 aromatic rings. The predicted molar refractivity (Wildman–Crippen MR) is 72.7 cm³/mol. The smallest absolute Gasteiger partial charge is 0.141 e. The van der Waals surface area contributed by atoms with Crippen LogP contribution in [0.2, 0.25) is 0 Å². The molecule has 0 radical (unpaired) electrons. The van der Waals surface area contributed by atoms with Crippen LogP contribution >= 0.6 is 0 Å². The van der Waals surface area contributed by atoms with E-state index < -0.39 is 0 Å². The summed E-state index contributed by atoms with van der Waals surface area (Å²) in [6.45, 7) is 2.77. The molecular weight excluding hydrogens is 243 g/mol. The maximum atomic E-state index is 13.3. The molecule has 0 fully saturated rings. The highest BCUT2D eigenvalue weighted by Crippen LogP contribution is 2.29. The summed E-state index contributed by atoms with van der Waals surface area (Å²) in [4.78, 5) is 3.91. The van der Waals surface area contributed by atoms with Gasteiger partial charge in [0.05, 0.1) is 19.3 Å². The van der Waals surface area contributed by atoms with Crippen LogP contribution in [0.1, 0.15) is 24.1 Å². The lowest BCUT2D eigenvalue weighted by Gasteiger charge is -2.20. The van der Waals surface area contributed by atoms with Crippen LogP contribution in [0.15, 0.2) is 42.7 Å². The zero-order valence-corrected chi connectivity index (χ0v) is 11.1. The van der Waals surface area contributed by atoms with Gasteiger partial charge in [-0.1, -0.05) is 25.1 Å². The van der Waals surface area contributed by atoms with Crippen molar-refractivity contribution in [1.82, 2.24) is 10.3 Å². The Hall–Kier alpha value is -1.94. The second-order valence-electron chi connectivity index (χ2n) is 4.17. The molecule has 0 bridgehead atoms. The van der Waals surface area contributed by atoms with Crippen LogP contribution in [0.4, 0.5) is 4.39 Å². The maximum Gasteiger partial charge on any atom is 0.141 e. The molecule has 4 heteroatoms. The number of hydrogen-bond acceptors (Lipinski definition) is 3. The fourth-order valence-electron chi connectivity index (χ4n) is 2.10. The highest BCUT2D eigenvalue weighted by atomic mass is 19.1. The first-order chi connectivity index (χ1) is 9.26. The lowest BCUT2D eigenvalue weighted by molar-refractivity contribution is 0.404. The van der Waals surface area contributed by atoms with Crippen molar-refractivity contribution in [3.63, 3.8) is 0 Å². The van der Waals surface area contributed by atoms with E-state index >= 15 is 0 Å². The van der Waals surface area contributed by atoms with Crippen LogP contribution in [0.25, 0.3) is 0 Å². The minimum Gasteiger partial charge on any atom is -0.496 e. The molecule has 1 atom stereocenters. The van der Waals surface area contributed by atoms with Gasteiger partial charge in [-0.3, -0.25) is 4.98 Å². The Kier molecular flexibility index (Phi) is 4.47. The van der Waals surface area contributed by atoms with E-state index in [-0.39, 0.29) is 11.9 Å². The first kappa shape index (κ1) is 13.5. The number of hydrogen-bond donors (Lipinski definition) is 1. The largest absolute Gasteiger partial charge is 0.496 e. The fraction of sp³-hybridized carbons (Fsp3) is 0.267. The van der Waals surface area contributed by atoms with E-state index in [2.05, 4.69) is 10.3 Å². The third kappa shape index (κ3) is 3.09.